The van der Waals surface area contributed by atoms with E-state index >= 15 is 0 Å². The lowest BCUT2D eigenvalue weighted by molar-refractivity contribution is -0.384. The zero-order valence-electron chi connectivity index (χ0n) is 17.3. The number of esters is 1. The zero-order chi connectivity index (χ0) is 23.5. The molecule has 0 unspecified atom stereocenters. The van der Waals surface area contributed by atoms with Crippen molar-refractivity contribution in [2.24, 2.45) is 0 Å². The average Bonchev–Trinajstić information content (AvgIpc) is 3.20. The van der Waals surface area contributed by atoms with Crippen LogP contribution in [0.3, 0.4) is 0 Å². The quantitative estimate of drug-likeness (QED) is 0.245. The third-order valence-corrected chi connectivity index (χ3v) is 5.89. The Morgan fingerprint density at radius 2 is 1.88 bits per heavy atom. The van der Waals surface area contributed by atoms with Crippen LogP contribution >= 0.6 is 11.3 Å². The van der Waals surface area contributed by atoms with Gasteiger partial charge in [-0.15, -0.1) is 11.3 Å². The van der Waals surface area contributed by atoms with Crippen LogP contribution < -0.4 is 10.9 Å². The van der Waals surface area contributed by atoms with Gasteiger partial charge in [0.05, 0.1) is 17.6 Å². The number of carbonyl (C=O) groups is 2. The van der Waals surface area contributed by atoms with E-state index < -0.39 is 22.4 Å². The molecule has 0 radical (unpaired) electrons. The Hall–Kier alpha value is -4.31. The van der Waals surface area contributed by atoms with Crippen molar-refractivity contribution >= 4 is 44.9 Å². The molecule has 1 amide bonds. The molecular formula is C23H17N3O6S. The van der Waals surface area contributed by atoms with Crippen LogP contribution in [0, 0.1) is 15.5 Å². The lowest BCUT2D eigenvalue weighted by atomic mass is 10.1. The predicted octanol–water partition coefficient (Wildman–Crippen LogP) is 4.51. The van der Waals surface area contributed by atoms with Crippen molar-refractivity contribution in [3.8, 4) is 0 Å². The molecule has 33 heavy (non-hydrogen) atoms. The van der Waals surface area contributed by atoms with Gasteiger partial charge in [-0.3, -0.25) is 20.3 Å². The molecule has 9 nitrogen and oxygen atoms in total. The van der Waals surface area contributed by atoms with Gasteiger partial charge in [0.2, 0.25) is 5.55 Å². The number of benzene rings is 2. The fourth-order valence-electron chi connectivity index (χ4n) is 3.26. The molecule has 2 aromatic heterocycles. The molecule has 166 valence electrons. The van der Waals surface area contributed by atoms with Crippen LogP contribution in [0.25, 0.3) is 11.0 Å². The van der Waals surface area contributed by atoms with E-state index in [9.17, 15) is 19.7 Å². The molecule has 0 spiro atoms. The number of nitrogens with zero attached hydrogens (tertiary/aromatic N) is 1. The second-order valence-corrected chi connectivity index (χ2v) is 8.17. The molecule has 0 aliphatic carbocycles. The van der Waals surface area contributed by atoms with E-state index in [0.29, 0.717) is 11.8 Å². The molecule has 0 atom stereocenters. The molecule has 0 saturated heterocycles. The summed E-state index contributed by atoms with van der Waals surface area (Å²) < 4.78 is 10.2. The van der Waals surface area contributed by atoms with Crippen molar-refractivity contribution < 1.29 is 23.7 Å². The monoisotopic (exact) mass is 463 g/mol. The number of hydrogen-bond acceptors (Lipinski definition) is 8. The number of nitro benzene ring substituents is 1. The van der Waals surface area contributed by atoms with E-state index in [-0.39, 0.29) is 27.4 Å². The van der Waals surface area contributed by atoms with Crippen LogP contribution in [-0.2, 0) is 11.2 Å². The summed E-state index contributed by atoms with van der Waals surface area (Å²) in [6.45, 7) is 0. The molecule has 2 heterocycles. The van der Waals surface area contributed by atoms with E-state index in [1.165, 1.54) is 42.7 Å². The Bertz CT molecular complexity index is 1440. The number of rotatable bonds is 6. The number of nitrogens with one attached hydrogen (secondary N) is 2. The third kappa shape index (κ3) is 4.65. The highest BCUT2D eigenvalue weighted by atomic mass is 32.1. The van der Waals surface area contributed by atoms with E-state index in [1.54, 1.807) is 6.07 Å². The van der Waals surface area contributed by atoms with E-state index in [1.807, 2.05) is 30.3 Å². The van der Waals surface area contributed by atoms with E-state index in [2.05, 4.69) is 5.32 Å². The van der Waals surface area contributed by atoms with E-state index in [4.69, 9.17) is 14.6 Å². The van der Waals surface area contributed by atoms with Crippen LogP contribution in [0.5, 0.6) is 0 Å². The molecule has 4 rings (SSSR count). The van der Waals surface area contributed by atoms with Crippen molar-refractivity contribution in [1.29, 1.82) is 5.41 Å². The van der Waals surface area contributed by atoms with Crippen LogP contribution in [0.4, 0.5) is 10.7 Å². The van der Waals surface area contributed by atoms with Crippen molar-refractivity contribution in [2.75, 3.05) is 12.4 Å². The van der Waals surface area contributed by atoms with Crippen molar-refractivity contribution in [3.05, 3.63) is 97.9 Å². The number of anilines is 1. The summed E-state index contributed by atoms with van der Waals surface area (Å²) in [5.41, 5.74) is 0.765. The Morgan fingerprint density at radius 3 is 2.58 bits per heavy atom. The predicted molar refractivity (Wildman–Crippen MR) is 122 cm³/mol. The Labute approximate surface area is 190 Å². The fraction of sp³-hybridized carbons (Fsp3) is 0.0870. The molecule has 10 heteroatoms. The Kier molecular flexibility index (Phi) is 6.01. The molecule has 0 saturated carbocycles. The second kappa shape index (κ2) is 9.05. The normalized spacial score (nSPS) is 10.7. The van der Waals surface area contributed by atoms with Crippen LogP contribution in [-0.4, -0.2) is 23.9 Å². The zero-order valence-corrected chi connectivity index (χ0v) is 18.1. The molecule has 0 fully saturated rings. The summed E-state index contributed by atoms with van der Waals surface area (Å²) in [7, 11) is 1.25. The minimum atomic E-state index is -0.685. The lowest BCUT2D eigenvalue weighted by Gasteiger charge is -2.06. The van der Waals surface area contributed by atoms with Gasteiger partial charge in [0, 0.05) is 28.8 Å². The molecule has 2 N–H and O–H groups in total. The first kappa shape index (κ1) is 21.9. The molecule has 0 aliphatic heterocycles. The highest BCUT2D eigenvalue weighted by Gasteiger charge is 2.21. The number of hydrogen-bond donors (Lipinski definition) is 2. The molecule has 2 aromatic carbocycles. The number of amides is 1. The SMILES string of the molecule is COC(=O)c1cc(Cc2ccccc2)sc1NC(=O)c1cc2cc([N+](=O)[O-])ccc2oc1=N. The van der Waals surface area contributed by atoms with Crippen molar-refractivity contribution in [2.45, 2.75) is 6.42 Å². The minimum absolute atomic E-state index is 0.128. The maximum atomic E-state index is 13.0. The van der Waals surface area contributed by atoms with Gasteiger partial charge >= 0.3 is 5.97 Å². The van der Waals surface area contributed by atoms with Crippen LogP contribution in [0.15, 0.2) is 65.1 Å². The topological polar surface area (TPSA) is 136 Å². The Morgan fingerprint density at radius 1 is 1.12 bits per heavy atom. The number of carbonyl (C=O) groups excluding carboxylic acids is 2. The average molecular weight is 463 g/mol. The summed E-state index contributed by atoms with van der Waals surface area (Å²) in [4.78, 5) is 36.6. The highest BCUT2D eigenvalue weighted by Crippen LogP contribution is 2.31. The van der Waals surface area contributed by atoms with Gasteiger partial charge in [-0.25, -0.2) is 4.79 Å². The van der Waals surface area contributed by atoms with Crippen LogP contribution in [0.1, 0.15) is 31.2 Å². The third-order valence-electron chi connectivity index (χ3n) is 4.84. The molecule has 0 bridgehead atoms. The maximum Gasteiger partial charge on any atom is 0.340 e. The van der Waals surface area contributed by atoms with Crippen LogP contribution in [0.2, 0.25) is 0 Å². The summed E-state index contributed by atoms with van der Waals surface area (Å²) in [5, 5.41) is 22.3. The Balaban J connectivity index is 1.67. The largest absolute Gasteiger partial charge is 0.465 e. The van der Waals surface area contributed by atoms with Crippen molar-refractivity contribution in [3.63, 3.8) is 0 Å². The van der Waals surface area contributed by atoms with Gasteiger partial charge in [0.15, 0.2) is 0 Å². The maximum absolute atomic E-state index is 13.0. The first-order valence-electron chi connectivity index (χ1n) is 9.69. The van der Waals surface area contributed by atoms with Crippen molar-refractivity contribution in [1.82, 2.24) is 0 Å². The second-order valence-electron chi connectivity index (χ2n) is 7.03. The van der Waals surface area contributed by atoms with Gasteiger partial charge < -0.3 is 14.5 Å². The summed E-state index contributed by atoms with van der Waals surface area (Å²) >= 11 is 1.22. The number of non-ortho nitro benzene ring substituents is 1. The van der Waals surface area contributed by atoms with E-state index in [0.717, 1.165) is 10.4 Å². The summed E-state index contributed by atoms with van der Waals surface area (Å²) in [6, 6.07) is 16.5. The molecule has 0 aliphatic rings. The minimum Gasteiger partial charge on any atom is -0.465 e. The lowest BCUT2D eigenvalue weighted by Crippen LogP contribution is -2.21. The van der Waals surface area contributed by atoms with Gasteiger partial charge in [-0.05, 0) is 23.8 Å². The number of methoxy groups -OCH3 is 1. The highest BCUT2D eigenvalue weighted by molar-refractivity contribution is 7.16. The van der Waals surface area contributed by atoms with Gasteiger partial charge in [-0.1, -0.05) is 30.3 Å². The van der Waals surface area contributed by atoms with Gasteiger partial charge in [0.25, 0.3) is 11.6 Å². The number of ether oxygens (including phenoxy) is 1. The summed E-state index contributed by atoms with van der Waals surface area (Å²) in [6.07, 6.45) is 0.560. The molecular weight excluding hydrogens is 446 g/mol. The number of thiophene rings is 1. The standard InChI is InChI=1S/C23H17N3O6S/c1-31-23(28)18-12-16(9-13-5-3-2-4-6-13)33-22(18)25-21(27)17-11-14-10-15(26(29)30)7-8-19(14)32-20(17)24/h2-8,10-12,24H,9H2,1H3,(H,25,27). The van der Waals surface area contributed by atoms with Gasteiger partial charge in [-0.2, -0.15) is 0 Å². The van der Waals surface area contributed by atoms with Gasteiger partial charge in [0.1, 0.15) is 16.1 Å². The first-order valence-corrected chi connectivity index (χ1v) is 10.5. The fourth-order valence-corrected chi connectivity index (χ4v) is 4.33. The molecule has 4 aromatic rings. The number of nitro groups is 1. The number of fused-ring (bicyclic) bond motifs is 1. The first-order chi connectivity index (χ1) is 15.9. The smallest absolute Gasteiger partial charge is 0.340 e. The summed E-state index contributed by atoms with van der Waals surface area (Å²) in [5.74, 6) is -1.29.